The zero-order chi connectivity index (χ0) is 23.3. The minimum absolute atomic E-state index is 0.199. The second kappa shape index (κ2) is 13.1. The Kier molecular flexibility index (Phi) is 10.2. The van der Waals surface area contributed by atoms with Gasteiger partial charge in [-0.2, -0.15) is 0 Å². The molecule has 0 aliphatic heterocycles. The monoisotopic (exact) mass is 439 g/mol. The lowest BCUT2D eigenvalue weighted by Gasteiger charge is -2.18. The Labute approximate surface area is 189 Å². The van der Waals surface area contributed by atoms with Crippen molar-refractivity contribution in [1.29, 1.82) is 0 Å². The van der Waals surface area contributed by atoms with Gasteiger partial charge >= 0.3 is 6.09 Å². The fourth-order valence-electron chi connectivity index (χ4n) is 3.42. The molecule has 0 bridgehead atoms. The first kappa shape index (κ1) is 24.9. The summed E-state index contributed by atoms with van der Waals surface area (Å²) in [5.74, 6) is -0.741. The van der Waals surface area contributed by atoms with E-state index in [0.29, 0.717) is 25.8 Å². The minimum atomic E-state index is -0.733. The molecule has 2 rings (SSSR count). The molecule has 0 aromatic heterocycles. The van der Waals surface area contributed by atoms with E-state index < -0.39 is 18.0 Å². The third-order valence-corrected chi connectivity index (χ3v) is 5.29. The maximum Gasteiger partial charge on any atom is 0.407 e. The lowest BCUT2D eigenvalue weighted by molar-refractivity contribution is -0.127. The number of hydrogen-bond donors (Lipinski definition) is 3. The van der Waals surface area contributed by atoms with Crippen molar-refractivity contribution in [2.24, 2.45) is 5.73 Å². The van der Waals surface area contributed by atoms with E-state index in [9.17, 15) is 14.4 Å². The highest BCUT2D eigenvalue weighted by Gasteiger charge is 2.20. The minimum Gasteiger partial charge on any atom is -0.445 e. The average molecular weight is 440 g/mol. The Balaban J connectivity index is 1.62. The van der Waals surface area contributed by atoms with Crippen LogP contribution < -0.4 is 16.4 Å². The van der Waals surface area contributed by atoms with Crippen LogP contribution in [0.15, 0.2) is 48.5 Å². The second-order valence-corrected chi connectivity index (χ2v) is 7.90. The number of nitrogens with one attached hydrogen (secondary N) is 2. The van der Waals surface area contributed by atoms with Gasteiger partial charge in [0.25, 0.3) is 0 Å². The molecule has 32 heavy (non-hydrogen) atoms. The summed E-state index contributed by atoms with van der Waals surface area (Å²) in [4.78, 5) is 35.8. The number of amides is 3. The molecule has 172 valence electrons. The zero-order valence-corrected chi connectivity index (χ0v) is 18.9. The van der Waals surface area contributed by atoms with Crippen molar-refractivity contribution in [3.63, 3.8) is 0 Å². The Hall–Kier alpha value is -3.35. The van der Waals surface area contributed by atoms with Crippen LogP contribution in [0.25, 0.3) is 0 Å². The summed E-state index contributed by atoms with van der Waals surface area (Å²) in [5, 5.41) is 5.46. The molecule has 0 heterocycles. The number of benzene rings is 2. The number of carbonyl (C=O) groups is 3. The van der Waals surface area contributed by atoms with Gasteiger partial charge in [-0.25, -0.2) is 4.79 Å². The SMILES string of the molecule is Cc1cccc(C)c1C[C@@H](NC(=O)CCCCCNC(=O)OCc1ccccc1)C(N)=O. The molecule has 1 atom stereocenters. The quantitative estimate of drug-likeness (QED) is 0.441. The van der Waals surface area contributed by atoms with Crippen LogP contribution in [0.1, 0.15) is 47.9 Å². The van der Waals surface area contributed by atoms with Crippen molar-refractivity contribution in [2.75, 3.05) is 6.54 Å². The third kappa shape index (κ3) is 8.79. The van der Waals surface area contributed by atoms with E-state index in [4.69, 9.17) is 10.5 Å². The molecule has 3 amide bonds. The van der Waals surface area contributed by atoms with Crippen LogP contribution in [0.3, 0.4) is 0 Å². The average Bonchev–Trinajstić information content (AvgIpc) is 2.77. The second-order valence-electron chi connectivity index (χ2n) is 7.90. The van der Waals surface area contributed by atoms with Crippen molar-refractivity contribution < 1.29 is 19.1 Å². The van der Waals surface area contributed by atoms with Gasteiger partial charge in [-0.3, -0.25) is 9.59 Å². The van der Waals surface area contributed by atoms with Crippen molar-refractivity contribution >= 4 is 17.9 Å². The number of carbonyl (C=O) groups excluding carboxylic acids is 3. The summed E-state index contributed by atoms with van der Waals surface area (Å²) in [5.41, 5.74) is 9.61. The molecule has 0 aliphatic carbocycles. The zero-order valence-electron chi connectivity index (χ0n) is 18.9. The molecule has 0 radical (unpaired) electrons. The van der Waals surface area contributed by atoms with Gasteiger partial charge in [-0.15, -0.1) is 0 Å². The molecular weight excluding hydrogens is 406 g/mol. The van der Waals surface area contributed by atoms with Crippen LogP contribution in [0.4, 0.5) is 4.79 Å². The summed E-state index contributed by atoms with van der Waals surface area (Å²) in [6.07, 6.45) is 2.38. The molecule has 0 aliphatic rings. The lowest BCUT2D eigenvalue weighted by Crippen LogP contribution is -2.46. The largest absolute Gasteiger partial charge is 0.445 e. The highest BCUT2D eigenvalue weighted by molar-refractivity contribution is 5.86. The Morgan fingerprint density at radius 3 is 2.28 bits per heavy atom. The third-order valence-electron chi connectivity index (χ3n) is 5.29. The van der Waals surface area contributed by atoms with Gasteiger partial charge in [0.15, 0.2) is 0 Å². The standard InChI is InChI=1S/C25H33N3O4/c1-18-10-9-11-19(2)21(18)16-22(24(26)30)28-23(29)14-7-4-8-15-27-25(31)32-17-20-12-5-3-6-13-20/h3,5-6,9-13,22H,4,7-8,14-17H2,1-2H3,(H2,26,30)(H,27,31)(H,28,29)/t22-/m1/s1. The number of unbranched alkanes of at least 4 members (excludes halogenated alkanes) is 2. The first-order valence-corrected chi connectivity index (χ1v) is 10.9. The molecule has 0 saturated carbocycles. The van der Waals surface area contributed by atoms with Gasteiger partial charge < -0.3 is 21.1 Å². The normalized spacial score (nSPS) is 11.4. The number of ether oxygens (including phenoxy) is 1. The highest BCUT2D eigenvalue weighted by atomic mass is 16.5. The molecule has 0 fully saturated rings. The van der Waals surface area contributed by atoms with Gasteiger partial charge in [0.1, 0.15) is 12.6 Å². The molecule has 0 spiro atoms. The van der Waals surface area contributed by atoms with E-state index in [1.165, 1.54) is 0 Å². The number of hydrogen-bond acceptors (Lipinski definition) is 4. The van der Waals surface area contributed by atoms with Gasteiger partial charge in [-0.05, 0) is 48.9 Å². The highest BCUT2D eigenvalue weighted by Crippen LogP contribution is 2.15. The van der Waals surface area contributed by atoms with Crippen molar-refractivity contribution in [1.82, 2.24) is 10.6 Å². The van der Waals surface area contributed by atoms with Crippen molar-refractivity contribution in [3.8, 4) is 0 Å². The van der Waals surface area contributed by atoms with E-state index in [2.05, 4.69) is 10.6 Å². The number of rotatable bonds is 12. The van der Waals surface area contributed by atoms with Crippen LogP contribution in [-0.2, 0) is 27.4 Å². The molecule has 4 N–H and O–H groups in total. The van der Waals surface area contributed by atoms with Gasteiger partial charge in [0, 0.05) is 19.4 Å². The summed E-state index contributed by atoms with van der Waals surface area (Å²) in [6, 6.07) is 14.7. The molecule has 2 aromatic carbocycles. The van der Waals surface area contributed by atoms with Crippen LogP contribution in [0.2, 0.25) is 0 Å². The van der Waals surface area contributed by atoms with Crippen LogP contribution in [-0.4, -0.2) is 30.5 Å². The summed E-state index contributed by atoms with van der Waals surface area (Å²) in [7, 11) is 0. The topological polar surface area (TPSA) is 111 Å². The molecule has 0 unspecified atom stereocenters. The predicted molar refractivity (Wildman–Crippen MR) is 124 cm³/mol. The van der Waals surface area contributed by atoms with Crippen LogP contribution in [0.5, 0.6) is 0 Å². The molecule has 7 nitrogen and oxygen atoms in total. The Bertz CT molecular complexity index is 879. The number of primary amides is 1. The maximum absolute atomic E-state index is 12.3. The number of alkyl carbamates (subject to hydrolysis) is 1. The number of nitrogens with two attached hydrogens (primary N) is 1. The van der Waals surface area contributed by atoms with E-state index in [0.717, 1.165) is 35.1 Å². The molecular formula is C25H33N3O4. The van der Waals surface area contributed by atoms with Gasteiger partial charge in [-0.1, -0.05) is 55.0 Å². The fourth-order valence-corrected chi connectivity index (χ4v) is 3.42. The van der Waals surface area contributed by atoms with E-state index >= 15 is 0 Å². The molecule has 7 heteroatoms. The fraction of sp³-hybridized carbons (Fsp3) is 0.400. The first-order chi connectivity index (χ1) is 15.4. The van der Waals surface area contributed by atoms with Gasteiger partial charge in [0.05, 0.1) is 0 Å². The first-order valence-electron chi connectivity index (χ1n) is 10.9. The van der Waals surface area contributed by atoms with E-state index in [1.807, 2.05) is 62.4 Å². The molecule has 0 saturated heterocycles. The number of aryl methyl sites for hydroxylation is 2. The Morgan fingerprint density at radius 1 is 0.938 bits per heavy atom. The summed E-state index contributed by atoms with van der Waals surface area (Å²) < 4.78 is 5.15. The van der Waals surface area contributed by atoms with E-state index in [-0.39, 0.29) is 12.5 Å². The van der Waals surface area contributed by atoms with E-state index in [1.54, 1.807) is 0 Å². The molecule has 2 aromatic rings. The lowest BCUT2D eigenvalue weighted by atomic mass is 9.96. The Morgan fingerprint density at radius 2 is 1.62 bits per heavy atom. The van der Waals surface area contributed by atoms with Crippen molar-refractivity contribution in [3.05, 3.63) is 70.8 Å². The summed E-state index contributed by atoms with van der Waals surface area (Å²) in [6.45, 7) is 4.67. The summed E-state index contributed by atoms with van der Waals surface area (Å²) >= 11 is 0. The maximum atomic E-state index is 12.3. The van der Waals surface area contributed by atoms with Gasteiger partial charge in [0.2, 0.25) is 11.8 Å². The van der Waals surface area contributed by atoms with Crippen LogP contribution >= 0.6 is 0 Å². The van der Waals surface area contributed by atoms with Crippen molar-refractivity contribution in [2.45, 2.75) is 58.6 Å². The predicted octanol–water partition coefficient (Wildman–Crippen LogP) is 3.30. The smallest absolute Gasteiger partial charge is 0.407 e. The van der Waals surface area contributed by atoms with Crippen LogP contribution in [0, 0.1) is 13.8 Å².